The van der Waals surface area contributed by atoms with Crippen LogP contribution in [0.3, 0.4) is 0 Å². The van der Waals surface area contributed by atoms with Crippen molar-refractivity contribution in [1.29, 1.82) is 0 Å². The Kier molecular flexibility index (Phi) is 9.29. The van der Waals surface area contributed by atoms with E-state index in [-0.39, 0.29) is 37.2 Å². The lowest BCUT2D eigenvalue weighted by Crippen LogP contribution is -2.31. The number of hydrogen-bond donors (Lipinski definition) is 0. The molecule has 0 N–H and O–H groups in total. The second-order valence-electron chi connectivity index (χ2n) is 6.02. The van der Waals surface area contributed by atoms with E-state index in [0.717, 1.165) is 11.1 Å². The maximum atomic E-state index is 12.5. The molecular formula is C18H23ClN2O3S2. The van der Waals surface area contributed by atoms with E-state index in [1.807, 2.05) is 56.3 Å². The average molecular weight is 415 g/mol. The molecule has 26 heavy (non-hydrogen) atoms. The van der Waals surface area contributed by atoms with Gasteiger partial charge >= 0.3 is 5.97 Å². The third-order valence-corrected chi connectivity index (χ3v) is 4.97. The highest BCUT2D eigenvalue weighted by Gasteiger charge is 2.32. The molecule has 142 valence electrons. The Labute approximate surface area is 170 Å². The molecule has 1 fully saturated rings. The zero-order valence-electron chi connectivity index (χ0n) is 15.1. The van der Waals surface area contributed by atoms with E-state index in [1.54, 1.807) is 0 Å². The first-order valence-electron chi connectivity index (χ1n) is 7.99. The molecule has 0 aliphatic carbocycles. The van der Waals surface area contributed by atoms with Gasteiger partial charge in [-0.2, -0.15) is 0 Å². The van der Waals surface area contributed by atoms with Gasteiger partial charge in [-0.15, -0.1) is 12.4 Å². The maximum absolute atomic E-state index is 12.5. The summed E-state index contributed by atoms with van der Waals surface area (Å²) >= 11 is 6.54. The topological polar surface area (TPSA) is 49.9 Å². The second-order valence-corrected chi connectivity index (χ2v) is 7.69. The van der Waals surface area contributed by atoms with Gasteiger partial charge < -0.3 is 9.64 Å². The number of esters is 1. The third-order valence-electron chi connectivity index (χ3n) is 3.59. The highest BCUT2D eigenvalue weighted by atomic mass is 35.5. The molecule has 1 saturated heterocycles. The van der Waals surface area contributed by atoms with Crippen molar-refractivity contribution in [3.63, 3.8) is 0 Å². The number of thioether (sulfide) groups is 1. The molecule has 8 heteroatoms. The van der Waals surface area contributed by atoms with Crippen LogP contribution >= 0.6 is 36.4 Å². The van der Waals surface area contributed by atoms with Crippen molar-refractivity contribution in [2.45, 2.75) is 13.3 Å². The van der Waals surface area contributed by atoms with E-state index < -0.39 is 0 Å². The normalized spacial score (nSPS) is 15.5. The van der Waals surface area contributed by atoms with Crippen LogP contribution in [0.25, 0.3) is 6.08 Å². The van der Waals surface area contributed by atoms with Gasteiger partial charge in [0.15, 0.2) is 0 Å². The number of ether oxygens (including phenoxy) is 1. The fourth-order valence-corrected chi connectivity index (χ4v) is 3.43. The highest BCUT2D eigenvalue weighted by Crippen LogP contribution is 2.32. The number of amides is 1. The summed E-state index contributed by atoms with van der Waals surface area (Å²) in [6.07, 6.45) is 1.96. The van der Waals surface area contributed by atoms with Crippen molar-refractivity contribution >= 4 is 58.7 Å². The number of benzene rings is 1. The average Bonchev–Trinajstić information content (AvgIpc) is 2.81. The lowest BCUT2D eigenvalue weighted by Gasteiger charge is -2.14. The molecule has 1 heterocycles. The van der Waals surface area contributed by atoms with Crippen molar-refractivity contribution in [1.82, 2.24) is 9.80 Å². The predicted octanol–water partition coefficient (Wildman–Crippen LogP) is 3.11. The molecule has 0 bridgehead atoms. The van der Waals surface area contributed by atoms with Crippen LogP contribution in [0.15, 0.2) is 29.2 Å². The quantitative estimate of drug-likeness (QED) is 0.388. The van der Waals surface area contributed by atoms with Gasteiger partial charge in [-0.25, -0.2) is 0 Å². The SMILES string of the molecule is Cc1ccc(C=C2SC(=S)N(CCC(=O)OCCN(C)C)C2=O)cc1.Cl. The molecule has 1 aromatic rings. The molecule has 0 unspecified atom stereocenters. The number of nitrogens with zero attached hydrogens (tertiary/aromatic N) is 2. The van der Waals surface area contributed by atoms with Crippen LogP contribution in [-0.4, -0.2) is 59.8 Å². The van der Waals surface area contributed by atoms with Crippen LogP contribution in [0.5, 0.6) is 0 Å². The lowest BCUT2D eigenvalue weighted by molar-refractivity contribution is -0.144. The number of carbonyl (C=O) groups excluding carboxylic acids is 2. The van der Waals surface area contributed by atoms with Crippen LogP contribution in [0.4, 0.5) is 0 Å². The summed E-state index contributed by atoms with van der Waals surface area (Å²) in [5.74, 6) is -0.477. The van der Waals surface area contributed by atoms with Crippen molar-refractivity contribution < 1.29 is 14.3 Å². The van der Waals surface area contributed by atoms with Crippen molar-refractivity contribution in [3.8, 4) is 0 Å². The van der Waals surface area contributed by atoms with Crippen LogP contribution in [0.1, 0.15) is 17.5 Å². The highest BCUT2D eigenvalue weighted by molar-refractivity contribution is 8.26. The smallest absolute Gasteiger partial charge is 0.307 e. The first-order valence-corrected chi connectivity index (χ1v) is 9.21. The van der Waals surface area contributed by atoms with Gasteiger partial charge in [-0.1, -0.05) is 53.8 Å². The summed E-state index contributed by atoms with van der Waals surface area (Å²) in [5.41, 5.74) is 2.12. The minimum atomic E-state index is -0.321. The summed E-state index contributed by atoms with van der Waals surface area (Å²) in [4.78, 5) is 28.2. The molecule has 0 atom stereocenters. The third kappa shape index (κ3) is 6.72. The van der Waals surface area contributed by atoms with Crippen molar-refractivity contribution in [3.05, 3.63) is 40.3 Å². The molecule has 1 amide bonds. The van der Waals surface area contributed by atoms with E-state index in [4.69, 9.17) is 17.0 Å². The molecule has 2 rings (SSSR count). The molecule has 1 aliphatic rings. The monoisotopic (exact) mass is 414 g/mol. The Morgan fingerprint density at radius 1 is 1.31 bits per heavy atom. The van der Waals surface area contributed by atoms with Crippen LogP contribution in [0.2, 0.25) is 0 Å². The summed E-state index contributed by atoms with van der Waals surface area (Å²) in [6, 6.07) is 7.92. The summed E-state index contributed by atoms with van der Waals surface area (Å²) < 4.78 is 5.61. The molecule has 0 spiro atoms. The fraction of sp³-hybridized carbons (Fsp3) is 0.389. The van der Waals surface area contributed by atoms with Crippen LogP contribution in [0, 0.1) is 6.92 Å². The summed E-state index contributed by atoms with van der Waals surface area (Å²) in [7, 11) is 3.82. The standard InChI is InChI=1S/C18H22N2O3S2.ClH/c1-13-4-6-14(7-5-13)12-15-17(22)20(18(24)25-15)9-8-16(21)23-11-10-19(2)3;/h4-7,12H,8-11H2,1-3H3;1H. The number of aryl methyl sites for hydroxylation is 1. The number of rotatable bonds is 7. The number of hydrogen-bond acceptors (Lipinski definition) is 6. The van der Waals surface area contributed by atoms with Crippen LogP contribution < -0.4 is 0 Å². The van der Waals surface area contributed by atoms with E-state index in [1.165, 1.54) is 16.7 Å². The molecule has 0 radical (unpaired) electrons. The van der Waals surface area contributed by atoms with E-state index in [0.29, 0.717) is 22.4 Å². The second kappa shape index (κ2) is 10.7. The molecule has 0 aromatic heterocycles. The van der Waals surface area contributed by atoms with Gasteiger partial charge in [0.2, 0.25) is 0 Å². The van der Waals surface area contributed by atoms with Gasteiger partial charge in [0, 0.05) is 13.1 Å². The van der Waals surface area contributed by atoms with Gasteiger partial charge in [0.05, 0.1) is 11.3 Å². The summed E-state index contributed by atoms with van der Waals surface area (Å²) in [6.45, 7) is 3.28. The van der Waals surface area contributed by atoms with Crippen molar-refractivity contribution in [2.24, 2.45) is 0 Å². The molecule has 0 saturated carbocycles. The lowest BCUT2D eigenvalue weighted by atomic mass is 10.1. The Morgan fingerprint density at radius 3 is 2.58 bits per heavy atom. The largest absolute Gasteiger partial charge is 0.464 e. The Balaban J connectivity index is 0.00000338. The first-order chi connectivity index (χ1) is 11.9. The number of halogens is 1. The van der Waals surface area contributed by atoms with Gasteiger partial charge in [-0.05, 0) is 32.7 Å². The molecule has 5 nitrogen and oxygen atoms in total. The van der Waals surface area contributed by atoms with E-state index in [2.05, 4.69) is 0 Å². The maximum Gasteiger partial charge on any atom is 0.307 e. The first kappa shape index (κ1) is 22.6. The summed E-state index contributed by atoms with van der Waals surface area (Å²) in [5, 5.41) is 0. The predicted molar refractivity (Wildman–Crippen MR) is 112 cm³/mol. The number of likely N-dealkylation sites (N-methyl/N-ethyl adjacent to an activating group) is 1. The van der Waals surface area contributed by atoms with Gasteiger partial charge in [0.1, 0.15) is 10.9 Å². The zero-order valence-corrected chi connectivity index (χ0v) is 17.5. The van der Waals surface area contributed by atoms with E-state index >= 15 is 0 Å². The molecule has 1 aliphatic heterocycles. The Hall–Kier alpha value is -1.41. The Morgan fingerprint density at radius 2 is 1.96 bits per heavy atom. The minimum Gasteiger partial charge on any atom is -0.464 e. The zero-order chi connectivity index (χ0) is 18.4. The number of carbonyl (C=O) groups is 2. The number of thiocarbonyl (C=S) groups is 1. The Bertz CT molecular complexity index is 690. The van der Waals surface area contributed by atoms with Crippen molar-refractivity contribution in [2.75, 3.05) is 33.8 Å². The minimum absolute atomic E-state index is 0. The fourth-order valence-electron chi connectivity index (χ4n) is 2.12. The molecular weight excluding hydrogens is 392 g/mol. The van der Waals surface area contributed by atoms with Gasteiger partial charge in [-0.3, -0.25) is 14.5 Å². The van der Waals surface area contributed by atoms with Gasteiger partial charge in [0.25, 0.3) is 5.91 Å². The van der Waals surface area contributed by atoms with Crippen LogP contribution in [-0.2, 0) is 14.3 Å². The van der Waals surface area contributed by atoms with E-state index in [9.17, 15) is 9.59 Å². The molecule has 1 aromatic carbocycles.